The zero-order valence-corrected chi connectivity index (χ0v) is 16.8. The fourth-order valence-corrected chi connectivity index (χ4v) is 5.52. The van der Waals surface area contributed by atoms with E-state index in [2.05, 4.69) is 46.8 Å². The van der Waals surface area contributed by atoms with Gasteiger partial charge in [0.15, 0.2) is 0 Å². The molecule has 2 heterocycles. The fraction of sp³-hybridized carbons (Fsp3) is 0.348. The Kier molecular flexibility index (Phi) is 5.91. The summed E-state index contributed by atoms with van der Waals surface area (Å²) in [6.07, 6.45) is 3.73. The van der Waals surface area contributed by atoms with Crippen LogP contribution in [0.3, 0.4) is 0 Å². The largest absolute Gasteiger partial charge is 0.367 e. The van der Waals surface area contributed by atoms with Gasteiger partial charge in [-0.3, -0.25) is 4.79 Å². The molecular formula is C23H27N3OS. The molecule has 0 aliphatic carbocycles. The Morgan fingerprint density at radius 1 is 1.04 bits per heavy atom. The summed E-state index contributed by atoms with van der Waals surface area (Å²) in [6.45, 7) is 3.97. The lowest BCUT2D eigenvalue weighted by atomic mass is 10.0. The van der Waals surface area contributed by atoms with E-state index in [1.807, 2.05) is 42.1 Å². The van der Waals surface area contributed by atoms with E-state index >= 15 is 0 Å². The van der Waals surface area contributed by atoms with Crippen LogP contribution in [0.4, 0.5) is 5.69 Å². The molecule has 0 bridgehead atoms. The van der Waals surface area contributed by atoms with Crippen molar-refractivity contribution in [3.63, 3.8) is 0 Å². The monoisotopic (exact) mass is 393 g/mol. The average Bonchev–Trinajstić information content (AvgIpc) is 3.26. The normalized spacial score (nSPS) is 23.0. The first-order valence-electron chi connectivity index (χ1n) is 9.98. The van der Waals surface area contributed by atoms with Crippen LogP contribution in [0.15, 0.2) is 67.0 Å². The summed E-state index contributed by atoms with van der Waals surface area (Å²) in [5.41, 5.74) is 3.20. The van der Waals surface area contributed by atoms with Crippen molar-refractivity contribution < 1.29 is 4.79 Å². The molecule has 3 N–H and O–H groups in total. The Hall–Kier alpha value is -2.40. The van der Waals surface area contributed by atoms with E-state index in [9.17, 15) is 4.79 Å². The van der Waals surface area contributed by atoms with E-state index < -0.39 is 0 Å². The van der Waals surface area contributed by atoms with Crippen LogP contribution in [0, 0.1) is 0 Å². The molecule has 0 radical (unpaired) electrons. The molecule has 2 aliphatic rings. The van der Waals surface area contributed by atoms with E-state index in [4.69, 9.17) is 0 Å². The number of thioether (sulfide) groups is 1. The van der Waals surface area contributed by atoms with Crippen LogP contribution >= 0.6 is 11.8 Å². The number of carbonyl (C=O) groups excluding carboxylic acids is 1. The van der Waals surface area contributed by atoms with Crippen LogP contribution in [-0.2, 0) is 4.79 Å². The lowest BCUT2D eigenvalue weighted by Gasteiger charge is -2.17. The van der Waals surface area contributed by atoms with Gasteiger partial charge in [0.1, 0.15) is 0 Å². The van der Waals surface area contributed by atoms with Crippen LogP contribution in [0.2, 0.25) is 0 Å². The van der Waals surface area contributed by atoms with Crippen molar-refractivity contribution in [1.82, 2.24) is 10.6 Å². The van der Waals surface area contributed by atoms with Crippen LogP contribution in [0.1, 0.15) is 25.7 Å². The summed E-state index contributed by atoms with van der Waals surface area (Å²) in [4.78, 5) is 12.2. The highest BCUT2D eigenvalue weighted by atomic mass is 32.2. The van der Waals surface area contributed by atoms with Crippen LogP contribution in [0.25, 0.3) is 11.1 Å². The Morgan fingerprint density at radius 3 is 2.57 bits per heavy atom. The topological polar surface area (TPSA) is 53.2 Å². The molecular weight excluding hydrogens is 366 g/mol. The molecule has 2 saturated heterocycles. The molecule has 5 heteroatoms. The predicted molar refractivity (Wildman–Crippen MR) is 118 cm³/mol. The average molecular weight is 394 g/mol. The molecule has 146 valence electrons. The molecule has 2 aromatic carbocycles. The zero-order valence-electron chi connectivity index (χ0n) is 16.0. The standard InChI is InChI=1S/C23H27N3OS/c1-16-24-20-15-28-21(23(20)25-16)9-5-6-10-22(27)26-19-13-11-18(12-14-19)17-7-3-2-4-8-17/h2-4,7-8,11-14,20-21,23-25H,1,5-6,9-10,15H2,(H,26,27)/t20-,21?,23-/m0/s1. The van der Waals surface area contributed by atoms with Crippen LogP contribution in [-0.4, -0.2) is 29.0 Å². The van der Waals surface area contributed by atoms with Gasteiger partial charge in [-0.1, -0.05) is 55.5 Å². The van der Waals surface area contributed by atoms with Crippen molar-refractivity contribution in [3.8, 4) is 11.1 Å². The van der Waals surface area contributed by atoms with Gasteiger partial charge in [0.2, 0.25) is 5.91 Å². The van der Waals surface area contributed by atoms with Gasteiger partial charge in [0.25, 0.3) is 0 Å². The number of unbranched alkanes of at least 4 members (excludes halogenated alkanes) is 1. The molecule has 0 aromatic heterocycles. The second-order valence-corrected chi connectivity index (χ2v) is 8.78. The number of hydrogen-bond donors (Lipinski definition) is 3. The SMILES string of the molecule is C=C1N[C@H]2CSC(CCCCC(=O)Nc3ccc(-c4ccccc4)cc3)[C@H]2N1. The number of anilines is 1. The van der Waals surface area contributed by atoms with Gasteiger partial charge in [-0.15, -0.1) is 0 Å². The molecule has 28 heavy (non-hydrogen) atoms. The Balaban J connectivity index is 1.18. The molecule has 1 unspecified atom stereocenters. The number of hydrogen-bond acceptors (Lipinski definition) is 4. The highest BCUT2D eigenvalue weighted by molar-refractivity contribution is 8.00. The summed E-state index contributed by atoms with van der Waals surface area (Å²) in [7, 11) is 0. The second kappa shape index (κ2) is 8.74. The van der Waals surface area contributed by atoms with E-state index in [1.165, 1.54) is 5.56 Å². The molecule has 0 saturated carbocycles. The molecule has 2 aliphatic heterocycles. The summed E-state index contributed by atoms with van der Waals surface area (Å²) in [6, 6.07) is 19.3. The van der Waals surface area contributed by atoms with Crippen molar-refractivity contribution in [2.45, 2.75) is 43.0 Å². The van der Waals surface area contributed by atoms with E-state index in [0.717, 1.165) is 42.1 Å². The number of amides is 1. The van der Waals surface area contributed by atoms with Crippen molar-refractivity contribution in [1.29, 1.82) is 0 Å². The first-order chi connectivity index (χ1) is 13.7. The lowest BCUT2D eigenvalue weighted by Crippen LogP contribution is -2.36. The molecule has 4 nitrogen and oxygen atoms in total. The molecule has 3 atom stereocenters. The third-order valence-electron chi connectivity index (χ3n) is 5.44. The quantitative estimate of drug-likeness (QED) is 0.612. The molecule has 1 amide bonds. The maximum atomic E-state index is 12.2. The number of benzene rings is 2. The van der Waals surface area contributed by atoms with E-state index in [-0.39, 0.29) is 5.91 Å². The first kappa shape index (κ1) is 18.9. The summed E-state index contributed by atoms with van der Waals surface area (Å²) < 4.78 is 0. The van der Waals surface area contributed by atoms with Gasteiger partial charge in [-0.05, 0) is 36.1 Å². The van der Waals surface area contributed by atoms with Gasteiger partial charge in [0.05, 0.1) is 17.9 Å². The Morgan fingerprint density at radius 2 is 1.79 bits per heavy atom. The minimum atomic E-state index is 0.0958. The molecule has 4 rings (SSSR count). The maximum Gasteiger partial charge on any atom is 0.224 e. The summed E-state index contributed by atoms with van der Waals surface area (Å²) in [5.74, 6) is 2.19. The van der Waals surface area contributed by atoms with Crippen molar-refractivity contribution >= 4 is 23.4 Å². The van der Waals surface area contributed by atoms with Crippen molar-refractivity contribution in [3.05, 3.63) is 67.0 Å². The molecule has 2 fully saturated rings. The Labute approximate surface area is 171 Å². The minimum absolute atomic E-state index is 0.0958. The summed E-state index contributed by atoms with van der Waals surface area (Å²) >= 11 is 2.03. The Bertz CT molecular complexity index is 822. The predicted octanol–water partition coefficient (Wildman–Crippen LogP) is 4.37. The molecule has 0 spiro atoms. The third-order valence-corrected chi connectivity index (χ3v) is 6.95. The van der Waals surface area contributed by atoms with Gasteiger partial charge in [-0.2, -0.15) is 11.8 Å². The second-order valence-electron chi connectivity index (χ2n) is 7.51. The lowest BCUT2D eigenvalue weighted by molar-refractivity contribution is -0.116. The number of carbonyl (C=O) groups is 1. The van der Waals surface area contributed by atoms with Gasteiger partial charge in [-0.25, -0.2) is 0 Å². The highest BCUT2D eigenvalue weighted by Gasteiger charge is 2.40. The minimum Gasteiger partial charge on any atom is -0.367 e. The third kappa shape index (κ3) is 4.53. The van der Waals surface area contributed by atoms with Crippen LogP contribution in [0.5, 0.6) is 0 Å². The van der Waals surface area contributed by atoms with E-state index in [1.54, 1.807) is 0 Å². The summed E-state index contributed by atoms with van der Waals surface area (Å²) in [5, 5.41) is 10.5. The fourth-order valence-electron chi connectivity index (χ4n) is 3.98. The van der Waals surface area contributed by atoms with Crippen molar-refractivity contribution in [2.24, 2.45) is 0 Å². The van der Waals surface area contributed by atoms with Crippen molar-refractivity contribution in [2.75, 3.05) is 11.1 Å². The zero-order chi connectivity index (χ0) is 19.3. The van der Waals surface area contributed by atoms with E-state index in [0.29, 0.717) is 23.8 Å². The van der Waals surface area contributed by atoms with Crippen LogP contribution < -0.4 is 16.0 Å². The molecule has 2 aromatic rings. The first-order valence-corrected chi connectivity index (χ1v) is 11.0. The van der Waals surface area contributed by atoms with Gasteiger partial charge < -0.3 is 16.0 Å². The van der Waals surface area contributed by atoms with Gasteiger partial charge in [0, 0.05) is 23.1 Å². The number of fused-ring (bicyclic) bond motifs is 1. The number of nitrogens with one attached hydrogen (secondary N) is 3. The number of rotatable bonds is 7. The smallest absolute Gasteiger partial charge is 0.224 e. The maximum absolute atomic E-state index is 12.2. The van der Waals surface area contributed by atoms with Gasteiger partial charge >= 0.3 is 0 Å². The highest BCUT2D eigenvalue weighted by Crippen LogP contribution is 2.34.